The third-order valence-corrected chi connectivity index (χ3v) is 7.85. The zero-order valence-corrected chi connectivity index (χ0v) is 22.3. The number of nitrogens with one attached hydrogen (secondary N) is 1. The largest absolute Gasteiger partial charge is 0.478 e. The van der Waals surface area contributed by atoms with Gasteiger partial charge in [-0.3, -0.25) is 4.79 Å². The highest BCUT2D eigenvalue weighted by Gasteiger charge is 2.31. The Morgan fingerprint density at radius 1 is 1.16 bits per heavy atom. The monoisotopic (exact) mass is 554 g/mol. The molecule has 0 amide bonds. The summed E-state index contributed by atoms with van der Waals surface area (Å²) in [5.74, 6) is -0.401. The number of methoxy groups -OCH3 is 1. The molecule has 10 heteroatoms. The molecule has 1 saturated heterocycles. The van der Waals surface area contributed by atoms with E-state index in [4.69, 9.17) is 38.7 Å². The topological polar surface area (TPSA) is 118 Å². The zero-order chi connectivity index (χ0) is 27.0. The number of carboxylic acid groups (broad SMARTS) is 1. The number of benzene rings is 2. The molecule has 2 aliphatic heterocycles. The molecule has 2 aromatic carbocycles. The molecule has 0 saturated carbocycles. The second-order valence-electron chi connectivity index (χ2n) is 9.75. The highest BCUT2D eigenvalue weighted by atomic mass is 35.5. The van der Waals surface area contributed by atoms with E-state index in [9.17, 15) is 14.7 Å². The number of halogens is 2. The van der Waals surface area contributed by atoms with E-state index in [1.807, 2.05) is 24.3 Å². The predicted octanol–water partition coefficient (Wildman–Crippen LogP) is 4.83. The van der Waals surface area contributed by atoms with Gasteiger partial charge in [0.05, 0.1) is 28.8 Å². The minimum atomic E-state index is -1.15. The minimum Gasteiger partial charge on any atom is -0.478 e. The van der Waals surface area contributed by atoms with Gasteiger partial charge >= 0.3 is 11.9 Å². The Balaban J connectivity index is 1.23. The van der Waals surface area contributed by atoms with E-state index in [0.29, 0.717) is 12.3 Å². The fraction of sp³-hybridized carbons (Fsp3) is 0.321. The molecule has 1 aromatic heterocycles. The first-order chi connectivity index (χ1) is 18.2. The Morgan fingerprint density at radius 3 is 2.47 bits per heavy atom. The number of pyridine rings is 1. The standard InChI is InChI=1S/C28H28Cl2N4O4/c1-38-28(37)22(31)10-15-2-6-19(7-3-15)34-13-18(14-34)24-9-5-16-4-8-23(32-26(16)33-24)17-11-20(29)25(27(35)36)21(30)12-17/h2-3,5-7,9,11-12,18,22-23H,4,8,10,13-14,31H2,1H3,(H,32,33)(H,35,36)/t22-,23?/m0/s1. The third kappa shape index (κ3) is 5.29. The first kappa shape index (κ1) is 26.3. The van der Waals surface area contributed by atoms with Crippen LogP contribution in [0.3, 0.4) is 0 Å². The van der Waals surface area contributed by atoms with E-state index >= 15 is 0 Å². The van der Waals surface area contributed by atoms with Gasteiger partial charge in [-0.2, -0.15) is 0 Å². The molecule has 0 radical (unpaired) electrons. The number of aromatic nitrogens is 1. The van der Waals surface area contributed by atoms with Gasteiger partial charge in [-0.05, 0) is 66.3 Å². The highest BCUT2D eigenvalue weighted by Crippen LogP contribution is 2.37. The summed E-state index contributed by atoms with van der Waals surface area (Å²) in [7, 11) is 1.34. The molecule has 1 fully saturated rings. The molecular weight excluding hydrogens is 527 g/mol. The quantitative estimate of drug-likeness (QED) is 0.355. The van der Waals surface area contributed by atoms with Crippen LogP contribution in [-0.4, -0.2) is 48.3 Å². The molecule has 4 N–H and O–H groups in total. The van der Waals surface area contributed by atoms with E-state index in [0.717, 1.165) is 59.8 Å². The lowest BCUT2D eigenvalue weighted by Gasteiger charge is -2.41. The van der Waals surface area contributed by atoms with Gasteiger partial charge in [-0.1, -0.05) is 41.4 Å². The van der Waals surface area contributed by atoms with Gasteiger partial charge in [0, 0.05) is 30.4 Å². The van der Waals surface area contributed by atoms with Gasteiger partial charge in [0.2, 0.25) is 0 Å². The highest BCUT2D eigenvalue weighted by molar-refractivity contribution is 6.39. The van der Waals surface area contributed by atoms with Gasteiger partial charge in [-0.15, -0.1) is 0 Å². The third-order valence-electron chi connectivity index (χ3n) is 7.26. The Labute approximate surface area is 230 Å². The molecule has 1 unspecified atom stereocenters. The van der Waals surface area contributed by atoms with E-state index < -0.39 is 18.0 Å². The first-order valence-corrected chi connectivity index (χ1v) is 13.1. The Hall–Kier alpha value is -3.33. The van der Waals surface area contributed by atoms with E-state index in [1.54, 1.807) is 12.1 Å². The van der Waals surface area contributed by atoms with Crippen molar-refractivity contribution in [3.8, 4) is 0 Å². The maximum absolute atomic E-state index is 11.6. The summed E-state index contributed by atoms with van der Waals surface area (Å²) in [6.07, 6.45) is 2.11. The summed E-state index contributed by atoms with van der Waals surface area (Å²) >= 11 is 12.4. The number of aromatic carboxylic acids is 1. The molecule has 0 spiro atoms. The van der Waals surface area contributed by atoms with Crippen LogP contribution in [0.1, 0.15) is 51.1 Å². The number of nitrogens with zero attached hydrogens (tertiary/aromatic N) is 2. The average molecular weight is 555 g/mol. The number of fused-ring (bicyclic) bond motifs is 1. The normalized spacial score (nSPS) is 17.7. The van der Waals surface area contributed by atoms with Crippen LogP contribution in [0.4, 0.5) is 11.5 Å². The number of aryl methyl sites for hydroxylation is 1. The summed E-state index contributed by atoms with van der Waals surface area (Å²) in [5.41, 5.74) is 10.9. The van der Waals surface area contributed by atoms with Gasteiger partial charge < -0.3 is 25.8 Å². The maximum atomic E-state index is 11.6. The van der Waals surface area contributed by atoms with E-state index in [2.05, 4.69) is 22.3 Å². The summed E-state index contributed by atoms with van der Waals surface area (Å²) in [6.45, 7) is 1.72. The van der Waals surface area contributed by atoms with Crippen molar-refractivity contribution in [1.82, 2.24) is 4.98 Å². The van der Waals surface area contributed by atoms with Crippen molar-refractivity contribution in [3.63, 3.8) is 0 Å². The number of rotatable bonds is 7. The van der Waals surface area contributed by atoms with E-state index in [1.165, 1.54) is 7.11 Å². The smallest absolute Gasteiger partial charge is 0.338 e. The molecule has 5 rings (SSSR count). The van der Waals surface area contributed by atoms with Crippen molar-refractivity contribution in [3.05, 3.63) is 86.5 Å². The number of carboxylic acids is 1. The first-order valence-electron chi connectivity index (χ1n) is 12.4. The second kappa shape index (κ2) is 10.8. The van der Waals surface area contributed by atoms with Crippen molar-refractivity contribution >= 4 is 46.6 Å². The van der Waals surface area contributed by atoms with Crippen LogP contribution >= 0.6 is 23.2 Å². The summed E-state index contributed by atoms with van der Waals surface area (Å²) in [6, 6.07) is 14.9. The molecule has 2 atom stereocenters. The van der Waals surface area contributed by atoms with Crippen molar-refractivity contribution in [2.24, 2.45) is 5.73 Å². The number of ether oxygens (including phenoxy) is 1. The molecule has 0 aliphatic carbocycles. The average Bonchev–Trinajstić information content (AvgIpc) is 2.87. The van der Waals surface area contributed by atoms with Crippen LogP contribution in [0, 0.1) is 0 Å². The predicted molar refractivity (Wildman–Crippen MR) is 147 cm³/mol. The number of nitrogens with two attached hydrogens (primary N) is 1. The molecule has 0 bridgehead atoms. The van der Waals surface area contributed by atoms with Crippen molar-refractivity contribution in [2.45, 2.75) is 37.3 Å². The van der Waals surface area contributed by atoms with Gasteiger partial charge in [-0.25, -0.2) is 9.78 Å². The minimum absolute atomic E-state index is 0.0631. The molecule has 2 aliphatic rings. The number of esters is 1. The van der Waals surface area contributed by atoms with Crippen molar-refractivity contribution in [1.29, 1.82) is 0 Å². The van der Waals surface area contributed by atoms with E-state index in [-0.39, 0.29) is 21.7 Å². The summed E-state index contributed by atoms with van der Waals surface area (Å²) < 4.78 is 4.70. The molecular formula is C28H28Cl2N4O4. The number of carbonyl (C=O) groups excluding carboxylic acids is 1. The summed E-state index contributed by atoms with van der Waals surface area (Å²) in [4.78, 5) is 30.2. The number of hydrogen-bond acceptors (Lipinski definition) is 7. The number of anilines is 2. The second-order valence-corrected chi connectivity index (χ2v) is 10.6. The molecule has 3 aromatic rings. The fourth-order valence-corrected chi connectivity index (χ4v) is 5.72. The van der Waals surface area contributed by atoms with Gasteiger partial charge in [0.25, 0.3) is 0 Å². The van der Waals surface area contributed by atoms with Crippen LogP contribution < -0.4 is 16.0 Å². The van der Waals surface area contributed by atoms with Gasteiger partial charge in [0.1, 0.15) is 11.9 Å². The number of carbonyl (C=O) groups is 2. The SMILES string of the molecule is COC(=O)[C@@H](N)Cc1ccc(N2CC(c3ccc4c(n3)NC(c3cc(Cl)c(C(=O)O)c(Cl)c3)CC4)C2)cc1. The molecule has 198 valence electrons. The van der Waals surface area contributed by atoms with Crippen molar-refractivity contribution in [2.75, 3.05) is 30.4 Å². The molecule has 38 heavy (non-hydrogen) atoms. The molecule has 8 nitrogen and oxygen atoms in total. The van der Waals surface area contributed by atoms with Crippen LogP contribution in [0.5, 0.6) is 0 Å². The fourth-order valence-electron chi connectivity index (χ4n) is 5.05. The molecule has 3 heterocycles. The maximum Gasteiger partial charge on any atom is 0.338 e. The van der Waals surface area contributed by atoms with Crippen LogP contribution in [-0.2, 0) is 22.4 Å². The Morgan fingerprint density at radius 2 is 1.84 bits per heavy atom. The van der Waals surface area contributed by atoms with Crippen molar-refractivity contribution < 1.29 is 19.4 Å². The van der Waals surface area contributed by atoms with Crippen LogP contribution in [0.25, 0.3) is 0 Å². The lowest BCUT2D eigenvalue weighted by molar-refractivity contribution is -0.142. The number of hydrogen-bond donors (Lipinski definition) is 3. The lowest BCUT2D eigenvalue weighted by Crippen LogP contribution is -2.45. The van der Waals surface area contributed by atoms with Crippen LogP contribution in [0.15, 0.2) is 48.5 Å². The zero-order valence-electron chi connectivity index (χ0n) is 20.8. The van der Waals surface area contributed by atoms with Crippen LogP contribution in [0.2, 0.25) is 10.0 Å². The van der Waals surface area contributed by atoms with Gasteiger partial charge in [0.15, 0.2) is 0 Å². The Bertz CT molecular complexity index is 1350. The lowest BCUT2D eigenvalue weighted by atomic mass is 9.91. The summed E-state index contributed by atoms with van der Waals surface area (Å²) in [5, 5.41) is 13.1. The Kier molecular flexibility index (Phi) is 7.47.